The fourth-order valence-electron chi connectivity index (χ4n) is 2.76. The number of aliphatic hydroxyl groups is 1. The first-order valence-electron chi connectivity index (χ1n) is 7.25. The number of rotatable bonds is 5. The third kappa shape index (κ3) is 4.30. The maximum Gasteiger partial charge on any atom is 0.0749 e. The van der Waals surface area contributed by atoms with Crippen LogP contribution in [-0.2, 0) is 6.42 Å². The predicted molar refractivity (Wildman–Crippen MR) is 76.5 cm³/mol. The molecule has 0 spiro atoms. The molecule has 0 saturated heterocycles. The van der Waals surface area contributed by atoms with Gasteiger partial charge in [-0.05, 0) is 37.2 Å². The number of aryl methyl sites for hydroxylation is 1. The minimum atomic E-state index is -0.221. The van der Waals surface area contributed by atoms with Gasteiger partial charge < -0.3 is 5.11 Å². The van der Waals surface area contributed by atoms with Crippen LogP contribution in [0.15, 0.2) is 42.5 Å². The molecule has 1 aromatic carbocycles. The minimum Gasteiger partial charge on any atom is -0.389 e. The third-order valence-electron chi connectivity index (χ3n) is 3.91. The van der Waals surface area contributed by atoms with Gasteiger partial charge in [0.05, 0.1) is 6.10 Å². The summed E-state index contributed by atoms with van der Waals surface area (Å²) in [5.41, 5.74) is 1.37. The number of allylic oxidation sites excluding steroid dienone is 1. The maximum atomic E-state index is 10.1. The second-order valence-electron chi connectivity index (χ2n) is 5.34. The maximum absolute atomic E-state index is 10.1. The molecule has 2 rings (SSSR count). The van der Waals surface area contributed by atoms with Crippen molar-refractivity contribution in [3.8, 4) is 0 Å². The molecular formula is C17H24O. The standard InChI is InChI=1S/C17H24O/c18-17(16-12-5-2-6-13-16)14-8-7-11-15-9-3-1-4-10-15/h1,3-4,8-10,14,16-18H,2,5-7,11-13H2/b14-8+/t17-/m0/s1. The Hall–Kier alpha value is -1.08. The van der Waals surface area contributed by atoms with Crippen molar-refractivity contribution in [3.05, 3.63) is 48.0 Å². The molecule has 0 bridgehead atoms. The van der Waals surface area contributed by atoms with Gasteiger partial charge in [-0.3, -0.25) is 0 Å². The Morgan fingerprint density at radius 1 is 1.11 bits per heavy atom. The van der Waals surface area contributed by atoms with Crippen LogP contribution in [0.1, 0.15) is 44.1 Å². The fourth-order valence-corrected chi connectivity index (χ4v) is 2.76. The van der Waals surface area contributed by atoms with Crippen molar-refractivity contribution in [1.82, 2.24) is 0 Å². The highest BCUT2D eigenvalue weighted by atomic mass is 16.3. The molecule has 1 heteroatoms. The molecule has 0 aliphatic heterocycles. The van der Waals surface area contributed by atoms with E-state index in [1.807, 2.05) is 12.1 Å². The van der Waals surface area contributed by atoms with Crippen LogP contribution in [0.2, 0.25) is 0 Å². The summed E-state index contributed by atoms with van der Waals surface area (Å²) in [4.78, 5) is 0. The first kappa shape index (κ1) is 13.4. The Kier molecular flexibility index (Phi) is 5.47. The first-order valence-corrected chi connectivity index (χ1v) is 7.25. The molecule has 1 aliphatic carbocycles. The van der Waals surface area contributed by atoms with Crippen molar-refractivity contribution in [2.75, 3.05) is 0 Å². The van der Waals surface area contributed by atoms with Gasteiger partial charge in [0.25, 0.3) is 0 Å². The van der Waals surface area contributed by atoms with Crippen LogP contribution < -0.4 is 0 Å². The molecule has 98 valence electrons. The summed E-state index contributed by atoms with van der Waals surface area (Å²) in [6.07, 6.45) is 12.4. The molecule has 0 heterocycles. The van der Waals surface area contributed by atoms with Crippen LogP contribution >= 0.6 is 0 Å². The van der Waals surface area contributed by atoms with E-state index in [4.69, 9.17) is 0 Å². The summed E-state index contributed by atoms with van der Waals surface area (Å²) in [6, 6.07) is 10.5. The average Bonchev–Trinajstić information content (AvgIpc) is 2.45. The van der Waals surface area contributed by atoms with E-state index in [9.17, 15) is 5.11 Å². The van der Waals surface area contributed by atoms with Gasteiger partial charge >= 0.3 is 0 Å². The van der Waals surface area contributed by atoms with Gasteiger partial charge in [0, 0.05) is 0 Å². The highest BCUT2D eigenvalue weighted by Crippen LogP contribution is 2.26. The molecule has 0 aromatic heterocycles. The lowest BCUT2D eigenvalue weighted by Crippen LogP contribution is -2.20. The van der Waals surface area contributed by atoms with Gasteiger partial charge in [-0.25, -0.2) is 0 Å². The molecule has 1 aromatic rings. The highest BCUT2D eigenvalue weighted by molar-refractivity contribution is 5.15. The summed E-state index contributed by atoms with van der Waals surface area (Å²) >= 11 is 0. The average molecular weight is 244 g/mol. The molecule has 1 nitrogen and oxygen atoms in total. The number of benzene rings is 1. The monoisotopic (exact) mass is 244 g/mol. The minimum absolute atomic E-state index is 0.221. The van der Waals surface area contributed by atoms with Crippen molar-refractivity contribution in [2.24, 2.45) is 5.92 Å². The summed E-state index contributed by atoms with van der Waals surface area (Å²) in [5.74, 6) is 0.506. The van der Waals surface area contributed by atoms with Crippen molar-refractivity contribution < 1.29 is 5.11 Å². The summed E-state index contributed by atoms with van der Waals surface area (Å²) in [7, 11) is 0. The fraction of sp³-hybridized carbons (Fsp3) is 0.529. The Morgan fingerprint density at radius 3 is 2.56 bits per heavy atom. The van der Waals surface area contributed by atoms with E-state index in [-0.39, 0.29) is 6.10 Å². The molecule has 0 radical (unpaired) electrons. The quantitative estimate of drug-likeness (QED) is 0.773. The molecule has 0 unspecified atom stereocenters. The van der Waals surface area contributed by atoms with Crippen molar-refractivity contribution >= 4 is 0 Å². The second-order valence-corrected chi connectivity index (χ2v) is 5.34. The van der Waals surface area contributed by atoms with Gasteiger partial charge in [0.15, 0.2) is 0 Å². The lowest BCUT2D eigenvalue weighted by Gasteiger charge is -2.24. The first-order chi connectivity index (χ1) is 8.86. The molecule has 1 fully saturated rings. The van der Waals surface area contributed by atoms with Gasteiger partial charge in [-0.2, -0.15) is 0 Å². The van der Waals surface area contributed by atoms with E-state index in [0.717, 1.165) is 12.8 Å². The molecule has 1 aliphatic rings. The van der Waals surface area contributed by atoms with Crippen LogP contribution in [0.4, 0.5) is 0 Å². The lowest BCUT2D eigenvalue weighted by molar-refractivity contribution is 0.125. The zero-order valence-corrected chi connectivity index (χ0v) is 11.1. The Bertz CT molecular complexity index is 349. The zero-order chi connectivity index (χ0) is 12.6. The van der Waals surface area contributed by atoms with E-state index in [1.165, 1.54) is 37.7 Å². The molecule has 1 saturated carbocycles. The smallest absolute Gasteiger partial charge is 0.0749 e. The number of aliphatic hydroxyl groups excluding tert-OH is 1. The Morgan fingerprint density at radius 2 is 1.83 bits per heavy atom. The van der Waals surface area contributed by atoms with Crippen molar-refractivity contribution in [1.29, 1.82) is 0 Å². The topological polar surface area (TPSA) is 20.2 Å². The van der Waals surface area contributed by atoms with E-state index >= 15 is 0 Å². The Balaban J connectivity index is 1.70. The molecule has 0 amide bonds. The van der Waals surface area contributed by atoms with Crippen LogP contribution in [0.25, 0.3) is 0 Å². The molecule has 1 atom stereocenters. The molecule has 18 heavy (non-hydrogen) atoms. The SMILES string of the molecule is O[C@@H](/C=C/CCc1ccccc1)C1CCCCC1. The summed E-state index contributed by atoms with van der Waals surface area (Å²) in [6.45, 7) is 0. The summed E-state index contributed by atoms with van der Waals surface area (Å²) in [5, 5.41) is 10.1. The number of hydrogen-bond donors (Lipinski definition) is 1. The van der Waals surface area contributed by atoms with Crippen molar-refractivity contribution in [2.45, 2.75) is 51.0 Å². The molecule has 1 N–H and O–H groups in total. The summed E-state index contributed by atoms with van der Waals surface area (Å²) < 4.78 is 0. The van der Waals surface area contributed by atoms with E-state index in [0.29, 0.717) is 5.92 Å². The second kappa shape index (κ2) is 7.38. The van der Waals surface area contributed by atoms with E-state index in [2.05, 4.69) is 30.3 Å². The van der Waals surface area contributed by atoms with Crippen molar-refractivity contribution in [3.63, 3.8) is 0 Å². The number of hydrogen-bond acceptors (Lipinski definition) is 1. The van der Waals surface area contributed by atoms with Crippen LogP contribution in [0.3, 0.4) is 0 Å². The van der Waals surface area contributed by atoms with Crippen LogP contribution in [0.5, 0.6) is 0 Å². The zero-order valence-electron chi connectivity index (χ0n) is 11.1. The third-order valence-corrected chi connectivity index (χ3v) is 3.91. The highest BCUT2D eigenvalue weighted by Gasteiger charge is 2.18. The molecular weight excluding hydrogens is 220 g/mol. The van der Waals surface area contributed by atoms with Crippen LogP contribution in [0, 0.1) is 5.92 Å². The largest absolute Gasteiger partial charge is 0.389 e. The van der Waals surface area contributed by atoms with Gasteiger partial charge in [0.2, 0.25) is 0 Å². The predicted octanol–water partition coefficient (Wildman–Crippen LogP) is 4.12. The van der Waals surface area contributed by atoms with E-state index < -0.39 is 0 Å². The van der Waals surface area contributed by atoms with E-state index in [1.54, 1.807) is 0 Å². The lowest BCUT2D eigenvalue weighted by atomic mass is 9.85. The van der Waals surface area contributed by atoms with Gasteiger partial charge in [-0.1, -0.05) is 61.7 Å². The Labute approximate surface area is 111 Å². The van der Waals surface area contributed by atoms with Gasteiger partial charge in [0.1, 0.15) is 0 Å². The normalized spacial score (nSPS) is 19.2. The van der Waals surface area contributed by atoms with Crippen LogP contribution in [-0.4, -0.2) is 11.2 Å². The van der Waals surface area contributed by atoms with Gasteiger partial charge in [-0.15, -0.1) is 0 Å².